The third-order valence-electron chi connectivity index (χ3n) is 3.40. The number of carbonyl (C=O) groups excluding carboxylic acids is 1. The van der Waals surface area contributed by atoms with E-state index in [1.165, 1.54) is 6.92 Å². The highest BCUT2D eigenvalue weighted by Crippen LogP contribution is 2.36. The molecule has 23 heavy (non-hydrogen) atoms. The largest absolute Gasteiger partial charge is 0.354 e. The van der Waals surface area contributed by atoms with Crippen LogP contribution in [0.3, 0.4) is 0 Å². The lowest BCUT2D eigenvalue weighted by Crippen LogP contribution is -2.33. The fourth-order valence-corrected chi connectivity index (χ4v) is 2.39. The van der Waals surface area contributed by atoms with Crippen LogP contribution in [0.1, 0.15) is 69.8 Å². The zero-order chi connectivity index (χ0) is 17.6. The van der Waals surface area contributed by atoms with Gasteiger partial charge < -0.3 is 5.32 Å². The summed E-state index contributed by atoms with van der Waals surface area (Å²) >= 11 is 5.55. The van der Waals surface area contributed by atoms with Crippen molar-refractivity contribution in [2.45, 2.75) is 58.4 Å². The predicted octanol–water partition coefficient (Wildman–Crippen LogP) is 4.67. The highest BCUT2D eigenvalue weighted by Gasteiger charge is 2.31. The van der Waals surface area contributed by atoms with Crippen LogP contribution < -0.4 is 5.32 Å². The number of alkyl halides is 4. The third kappa shape index (κ3) is 5.09. The first-order chi connectivity index (χ1) is 10.8. The molecular formula is C14H20ClF4N3O. The van der Waals surface area contributed by atoms with Crippen LogP contribution in [0, 0.1) is 0 Å². The van der Waals surface area contributed by atoms with Crippen LogP contribution >= 0.6 is 11.6 Å². The summed E-state index contributed by atoms with van der Waals surface area (Å²) in [6.07, 6.45) is -2.42. The van der Waals surface area contributed by atoms with Crippen LogP contribution in [0.15, 0.2) is 0 Å². The quantitative estimate of drug-likeness (QED) is 0.515. The Hall–Kier alpha value is -1.31. The molecule has 0 bridgehead atoms. The smallest absolute Gasteiger partial charge is 0.283 e. The van der Waals surface area contributed by atoms with E-state index in [1.54, 1.807) is 0 Å². The average Bonchev–Trinajstić information content (AvgIpc) is 2.83. The molecule has 1 N–H and O–H groups in total. The monoisotopic (exact) mass is 357 g/mol. The van der Waals surface area contributed by atoms with Crippen LogP contribution in [-0.4, -0.2) is 22.2 Å². The topological polar surface area (TPSA) is 46.9 Å². The number of rotatable bonds is 9. The lowest BCUT2D eigenvalue weighted by molar-refractivity contribution is -0.124. The van der Waals surface area contributed by atoms with Crippen molar-refractivity contribution in [3.05, 3.63) is 16.4 Å². The molecule has 1 rings (SSSR count). The molecule has 9 heteroatoms. The molecular weight excluding hydrogens is 338 g/mol. The Bertz CT molecular complexity index is 522. The summed E-state index contributed by atoms with van der Waals surface area (Å²) in [6, 6.07) is -1.16. The van der Waals surface area contributed by atoms with Gasteiger partial charge in [-0.15, -0.1) is 0 Å². The van der Waals surface area contributed by atoms with Gasteiger partial charge >= 0.3 is 0 Å². The second kappa shape index (κ2) is 9.10. The van der Waals surface area contributed by atoms with E-state index >= 15 is 0 Å². The van der Waals surface area contributed by atoms with Gasteiger partial charge in [-0.2, -0.15) is 5.10 Å². The van der Waals surface area contributed by atoms with E-state index in [-0.39, 0.29) is 0 Å². The number of hydrogen-bond donors (Lipinski definition) is 1. The Labute approximate surface area is 137 Å². The molecule has 0 spiro atoms. The lowest BCUT2D eigenvalue weighted by Gasteiger charge is -2.15. The van der Waals surface area contributed by atoms with E-state index in [1.807, 2.05) is 0 Å². The number of carbonyl (C=O) groups is 1. The molecule has 0 aliphatic heterocycles. The maximum atomic E-state index is 13.1. The van der Waals surface area contributed by atoms with Crippen molar-refractivity contribution >= 4 is 17.5 Å². The normalized spacial score (nSPS) is 12.9. The number of unbranched alkanes of at least 4 members (excludes halogenated alkanes) is 3. The van der Waals surface area contributed by atoms with Gasteiger partial charge in [0.05, 0.1) is 5.02 Å². The van der Waals surface area contributed by atoms with Gasteiger partial charge in [-0.3, -0.25) is 4.79 Å². The zero-order valence-corrected chi connectivity index (χ0v) is 13.7. The van der Waals surface area contributed by atoms with Gasteiger partial charge in [0.25, 0.3) is 12.9 Å². The predicted molar refractivity (Wildman–Crippen MR) is 79.0 cm³/mol. The summed E-state index contributed by atoms with van der Waals surface area (Å²) in [7, 11) is 0. The maximum absolute atomic E-state index is 13.1. The highest BCUT2D eigenvalue weighted by molar-refractivity contribution is 6.32. The van der Waals surface area contributed by atoms with Crippen molar-refractivity contribution in [2.75, 3.05) is 6.54 Å². The first-order valence-electron chi connectivity index (χ1n) is 7.43. The van der Waals surface area contributed by atoms with E-state index in [2.05, 4.69) is 17.3 Å². The Morgan fingerprint density at radius 3 is 2.39 bits per heavy atom. The van der Waals surface area contributed by atoms with Gasteiger partial charge in [0.1, 0.15) is 17.4 Å². The summed E-state index contributed by atoms with van der Waals surface area (Å²) in [5.41, 5.74) is -1.81. The van der Waals surface area contributed by atoms with Gasteiger partial charge in [-0.25, -0.2) is 22.2 Å². The summed E-state index contributed by atoms with van der Waals surface area (Å²) in [6.45, 7) is 3.75. The minimum atomic E-state index is -3.11. The van der Waals surface area contributed by atoms with Gasteiger partial charge in [0.15, 0.2) is 0 Å². The second-order valence-electron chi connectivity index (χ2n) is 5.16. The molecule has 1 amide bonds. The fraction of sp³-hybridized carbons (Fsp3) is 0.714. The molecule has 0 aliphatic rings. The molecule has 0 aromatic carbocycles. The van der Waals surface area contributed by atoms with Crippen molar-refractivity contribution in [2.24, 2.45) is 0 Å². The molecule has 0 radical (unpaired) electrons. The van der Waals surface area contributed by atoms with E-state index in [0.29, 0.717) is 11.2 Å². The molecule has 1 heterocycles. The summed E-state index contributed by atoms with van der Waals surface area (Å²) < 4.78 is 52.2. The van der Waals surface area contributed by atoms with Crippen LogP contribution in [0.2, 0.25) is 5.02 Å². The first-order valence-corrected chi connectivity index (χ1v) is 7.80. The van der Waals surface area contributed by atoms with Crippen molar-refractivity contribution in [3.8, 4) is 0 Å². The molecule has 0 saturated heterocycles. The van der Waals surface area contributed by atoms with E-state index in [4.69, 9.17) is 11.6 Å². The van der Waals surface area contributed by atoms with Crippen LogP contribution in [0.5, 0.6) is 0 Å². The molecule has 0 aliphatic carbocycles. The summed E-state index contributed by atoms with van der Waals surface area (Å²) in [4.78, 5) is 12.0. The lowest BCUT2D eigenvalue weighted by atomic mass is 10.2. The van der Waals surface area contributed by atoms with Crippen LogP contribution in [-0.2, 0) is 4.79 Å². The number of aromatic nitrogens is 2. The van der Waals surface area contributed by atoms with Crippen LogP contribution in [0.25, 0.3) is 0 Å². The summed E-state index contributed by atoms with van der Waals surface area (Å²) in [5.74, 6) is -0.566. The second-order valence-corrected chi connectivity index (χ2v) is 5.54. The van der Waals surface area contributed by atoms with E-state index in [0.717, 1.165) is 25.7 Å². The standard InChI is InChI=1S/C14H20ClF4N3O/c1-3-4-5-6-7-20-14(23)8(2)22-11(13(18)19)9(15)10(21-22)12(16)17/h8,12-13H,3-7H2,1-2H3,(H,20,23). The molecule has 1 aromatic heterocycles. The third-order valence-corrected chi connectivity index (χ3v) is 3.79. The molecule has 0 fully saturated rings. The maximum Gasteiger partial charge on any atom is 0.283 e. The molecule has 1 aromatic rings. The fourth-order valence-electron chi connectivity index (χ4n) is 2.10. The van der Waals surface area contributed by atoms with E-state index in [9.17, 15) is 22.4 Å². The highest BCUT2D eigenvalue weighted by atomic mass is 35.5. The van der Waals surface area contributed by atoms with Gasteiger partial charge in [-0.1, -0.05) is 37.8 Å². The number of nitrogens with one attached hydrogen (secondary N) is 1. The number of hydrogen-bond acceptors (Lipinski definition) is 2. The molecule has 1 unspecified atom stereocenters. The minimum Gasteiger partial charge on any atom is -0.354 e. The first kappa shape index (κ1) is 19.7. The average molecular weight is 358 g/mol. The van der Waals surface area contributed by atoms with E-state index < -0.39 is 41.2 Å². The Morgan fingerprint density at radius 2 is 1.87 bits per heavy atom. The zero-order valence-electron chi connectivity index (χ0n) is 13.0. The van der Waals surface area contributed by atoms with Gasteiger partial charge in [0.2, 0.25) is 5.91 Å². The minimum absolute atomic E-state index is 0.393. The van der Waals surface area contributed by atoms with Crippen molar-refractivity contribution in [1.82, 2.24) is 15.1 Å². The van der Waals surface area contributed by atoms with Crippen molar-refractivity contribution in [1.29, 1.82) is 0 Å². The van der Waals surface area contributed by atoms with Gasteiger partial charge in [-0.05, 0) is 13.3 Å². The van der Waals surface area contributed by atoms with Crippen LogP contribution in [0.4, 0.5) is 17.6 Å². The van der Waals surface area contributed by atoms with Crippen molar-refractivity contribution in [3.63, 3.8) is 0 Å². The molecule has 132 valence electrons. The molecule has 1 atom stereocenters. The number of nitrogens with zero attached hydrogens (tertiary/aromatic N) is 2. The Kier molecular flexibility index (Phi) is 7.81. The molecule has 0 saturated carbocycles. The Balaban J connectivity index is 2.84. The number of halogens is 5. The van der Waals surface area contributed by atoms with Crippen molar-refractivity contribution < 1.29 is 22.4 Å². The SMILES string of the molecule is CCCCCCNC(=O)C(C)n1nc(C(F)F)c(Cl)c1C(F)F. The van der Waals surface area contributed by atoms with Gasteiger partial charge in [0, 0.05) is 6.54 Å². The number of amides is 1. The Morgan fingerprint density at radius 1 is 1.22 bits per heavy atom. The summed E-state index contributed by atoms with van der Waals surface area (Å²) in [5, 5.41) is 5.20. The molecule has 4 nitrogen and oxygen atoms in total.